The van der Waals surface area contributed by atoms with Crippen LogP contribution in [0, 0.1) is 0 Å². The molecule has 0 saturated heterocycles. The maximum Gasteiger partial charge on any atom is 0.263 e. The smallest absolute Gasteiger partial charge is 0.263 e. The van der Waals surface area contributed by atoms with Crippen molar-refractivity contribution in [1.82, 2.24) is 4.98 Å². The van der Waals surface area contributed by atoms with Crippen LogP contribution >= 0.6 is 0 Å². The van der Waals surface area contributed by atoms with Crippen molar-refractivity contribution in [1.29, 1.82) is 0 Å². The van der Waals surface area contributed by atoms with Gasteiger partial charge in [-0.1, -0.05) is 42.5 Å². The van der Waals surface area contributed by atoms with Gasteiger partial charge in [0.05, 0.1) is 12.5 Å². The zero-order valence-corrected chi connectivity index (χ0v) is 10.6. The van der Waals surface area contributed by atoms with Gasteiger partial charge in [-0.2, -0.15) is 0 Å². The van der Waals surface area contributed by atoms with E-state index in [1.54, 1.807) is 12.5 Å². The lowest BCUT2D eigenvalue weighted by atomic mass is 10.0. The monoisotopic (exact) mass is 261 g/mol. The average Bonchev–Trinajstić information content (AvgIpc) is 3.17. The number of furan rings is 1. The molecule has 0 unspecified atom stereocenters. The Morgan fingerprint density at radius 1 is 0.800 bits per heavy atom. The maximum absolute atomic E-state index is 5.82. The summed E-state index contributed by atoms with van der Waals surface area (Å²) < 4.78 is 11.1. The Balaban J connectivity index is 1.88. The molecule has 0 N–H and O–H groups in total. The molecule has 3 heteroatoms. The third-order valence-corrected chi connectivity index (χ3v) is 3.29. The van der Waals surface area contributed by atoms with Gasteiger partial charge in [0.15, 0.2) is 11.5 Å². The molecule has 3 nitrogen and oxygen atoms in total. The van der Waals surface area contributed by atoms with Gasteiger partial charge in [-0.3, -0.25) is 0 Å². The van der Waals surface area contributed by atoms with E-state index in [-0.39, 0.29) is 0 Å². The summed E-state index contributed by atoms with van der Waals surface area (Å²) in [7, 11) is 0. The highest BCUT2D eigenvalue weighted by atomic mass is 16.4. The topological polar surface area (TPSA) is 39.2 Å². The van der Waals surface area contributed by atoms with Gasteiger partial charge in [0.25, 0.3) is 5.89 Å². The number of hydrogen-bond acceptors (Lipinski definition) is 3. The molecule has 0 fully saturated rings. The molecule has 0 radical (unpaired) electrons. The second-order valence-electron chi connectivity index (χ2n) is 4.53. The average molecular weight is 261 g/mol. The van der Waals surface area contributed by atoms with Gasteiger partial charge in [-0.15, -0.1) is 0 Å². The first-order valence-electron chi connectivity index (χ1n) is 6.40. The molecule has 4 rings (SSSR count). The van der Waals surface area contributed by atoms with Crippen LogP contribution in [0.5, 0.6) is 0 Å². The van der Waals surface area contributed by atoms with Gasteiger partial charge in [0, 0.05) is 5.56 Å². The lowest BCUT2D eigenvalue weighted by Crippen LogP contribution is -1.78. The highest BCUT2D eigenvalue weighted by molar-refractivity contribution is 5.95. The van der Waals surface area contributed by atoms with E-state index in [1.807, 2.05) is 36.4 Å². The Labute approximate surface area is 115 Å². The van der Waals surface area contributed by atoms with E-state index in [0.717, 1.165) is 16.7 Å². The first-order chi connectivity index (χ1) is 9.92. The van der Waals surface area contributed by atoms with Gasteiger partial charge >= 0.3 is 0 Å². The Kier molecular flexibility index (Phi) is 2.42. The van der Waals surface area contributed by atoms with Crippen LogP contribution in [0.25, 0.3) is 33.7 Å². The largest absolute Gasteiger partial charge is 0.459 e. The molecule has 4 aromatic rings. The van der Waals surface area contributed by atoms with Crippen LogP contribution < -0.4 is 0 Å². The minimum absolute atomic E-state index is 0.498. The first kappa shape index (κ1) is 11.1. The van der Waals surface area contributed by atoms with E-state index in [1.165, 1.54) is 5.39 Å². The molecule has 0 bridgehead atoms. The van der Waals surface area contributed by atoms with Gasteiger partial charge in [0.2, 0.25) is 0 Å². The number of rotatable bonds is 2. The van der Waals surface area contributed by atoms with Crippen molar-refractivity contribution in [2.24, 2.45) is 0 Å². The molecule has 0 aliphatic heterocycles. The summed E-state index contributed by atoms with van der Waals surface area (Å²) in [6.45, 7) is 0. The molecule has 0 aliphatic rings. The minimum atomic E-state index is 0.498. The maximum atomic E-state index is 5.82. The van der Waals surface area contributed by atoms with Crippen LogP contribution in [-0.2, 0) is 0 Å². The summed E-state index contributed by atoms with van der Waals surface area (Å²) >= 11 is 0. The third kappa shape index (κ3) is 1.72. The number of hydrogen-bond donors (Lipinski definition) is 0. The third-order valence-electron chi connectivity index (χ3n) is 3.29. The summed E-state index contributed by atoms with van der Waals surface area (Å²) in [6, 6.07) is 18.0. The molecular formula is C17H11NO2. The number of benzene rings is 2. The van der Waals surface area contributed by atoms with Gasteiger partial charge in [0.1, 0.15) is 0 Å². The predicted octanol–water partition coefficient (Wildman–Crippen LogP) is 4.75. The van der Waals surface area contributed by atoms with Crippen LogP contribution in [0.2, 0.25) is 0 Å². The molecule has 0 aliphatic carbocycles. The Hall–Kier alpha value is -2.81. The van der Waals surface area contributed by atoms with Crippen LogP contribution in [0.1, 0.15) is 0 Å². The van der Waals surface area contributed by atoms with E-state index < -0.39 is 0 Å². The highest BCUT2D eigenvalue weighted by Crippen LogP contribution is 2.31. The number of fused-ring (bicyclic) bond motifs is 1. The van der Waals surface area contributed by atoms with Gasteiger partial charge in [-0.05, 0) is 22.9 Å². The second kappa shape index (κ2) is 4.38. The molecule has 2 aromatic carbocycles. The quantitative estimate of drug-likeness (QED) is 0.522. The summed E-state index contributed by atoms with van der Waals surface area (Å²) in [5.41, 5.74) is 1.04. The van der Waals surface area contributed by atoms with E-state index in [2.05, 4.69) is 23.2 Å². The molecule has 0 amide bonds. The standard InChI is InChI=1S/C17H11NO2/c1-2-7-13-12(5-1)6-3-8-14(13)16-11-18-17(20-16)15-9-4-10-19-15/h1-11H. The van der Waals surface area contributed by atoms with E-state index in [9.17, 15) is 0 Å². The van der Waals surface area contributed by atoms with Gasteiger partial charge in [-0.25, -0.2) is 4.98 Å². The summed E-state index contributed by atoms with van der Waals surface area (Å²) in [4.78, 5) is 4.28. The van der Waals surface area contributed by atoms with Gasteiger partial charge < -0.3 is 8.83 Å². The normalized spacial score (nSPS) is 11.0. The van der Waals surface area contributed by atoms with Crippen molar-refractivity contribution in [2.45, 2.75) is 0 Å². The molecule has 96 valence electrons. The van der Waals surface area contributed by atoms with Crippen molar-refractivity contribution < 1.29 is 8.83 Å². The van der Waals surface area contributed by atoms with Crippen LogP contribution in [0.3, 0.4) is 0 Å². The van der Waals surface area contributed by atoms with Crippen molar-refractivity contribution in [3.05, 3.63) is 67.1 Å². The molecule has 0 spiro atoms. The Morgan fingerprint density at radius 2 is 1.70 bits per heavy atom. The molecular weight excluding hydrogens is 250 g/mol. The van der Waals surface area contributed by atoms with Crippen molar-refractivity contribution in [3.8, 4) is 23.0 Å². The second-order valence-corrected chi connectivity index (χ2v) is 4.53. The molecule has 2 heterocycles. The van der Waals surface area contributed by atoms with Crippen LogP contribution in [0.15, 0.2) is 75.9 Å². The van der Waals surface area contributed by atoms with Crippen LogP contribution in [0.4, 0.5) is 0 Å². The lowest BCUT2D eigenvalue weighted by Gasteiger charge is -2.02. The number of nitrogens with zero attached hydrogens (tertiary/aromatic N) is 1. The Bertz CT molecular complexity index is 854. The predicted molar refractivity (Wildman–Crippen MR) is 77.1 cm³/mol. The zero-order valence-electron chi connectivity index (χ0n) is 10.6. The Morgan fingerprint density at radius 3 is 2.60 bits per heavy atom. The molecule has 2 aromatic heterocycles. The van der Waals surface area contributed by atoms with Crippen molar-refractivity contribution in [2.75, 3.05) is 0 Å². The van der Waals surface area contributed by atoms with E-state index >= 15 is 0 Å². The van der Waals surface area contributed by atoms with E-state index in [0.29, 0.717) is 11.7 Å². The first-order valence-corrected chi connectivity index (χ1v) is 6.40. The highest BCUT2D eigenvalue weighted by Gasteiger charge is 2.12. The summed E-state index contributed by atoms with van der Waals surface area (Å²) in [5, 5.41) is 2.33. The molecule has 0 saturated carbocycles. The van der Waals surface area contributed by atoms with Crippen LogP contribution in [-0.4, -0.2) is 4.98 Å². The number of oxazole rings is 1. The van der Waals surface area contributed by atoms with Crippen molar-refractivity contribution in [3.63, 3.8) is 0 Å². The number of aromatic nitrogens is 1. The molecule has 20 heavy (non-hydrogen) atoms. The zero-order chi connectivity index (χ0) is 13.4. The van der Waals surface area contributed by atoms with E-state index in [4.69, 9.17) is 8.83 Å². The van der Waals surface area contributed by atoms with Crippen molar-refractivity contribution >= 4 is 10.8 Å². The lowest BCUT2D eigenvalue weighted by molar-refractivity contribution is 0.524. The minimum Gasteiger partial charge on any atom is -0.459 e. The molecule has 0 atom stereocenters. The fourth-order valence-electron chi connectivity index (χ4n) is 2.35. The fourth-order valence-corrected chi connectivity index (χ4v) is 2.35. The summed E-state index contributed by atoms with van der Waals surface area (Å²) in [5.74, 6) is 1.88. The SMILES string of the molecule is c1coc(-c2ncc(-c3cccc4ccccc34)o2)c1. The fraction of sp³-hybridized carbons (Fsp3) is 0. The summed E-state index contributed by atoms with van der Waals surface area (Å²) in [6.07, 6.45) is 3.34.